The molecule has 26 heavy (non-hydrogen) atoms. The van der Waals surface area contributed by atoms with E-state index in [2.05, 4.69) is 10.6 Å². The Balaban J connectivity index is 2.03. The third kappa shape index (κ3) is 5.00. The highest BCUT2D eigenvalue weighted by Gasteiger charge is 2.28. The van der Waals surface area contributed by atoms with Gasteiger partial charge in [-0.1, -0.05) is 35.9 Å². The standard InChI is InChI=1S/C19H21ClN2O3S/c1-19(25-2,13-7-6-8-14(20)11-13)12-21-17(23)18(24)22-15-9-4-5-10-16(15)26-3/h4-11H,12H2,1-3H3,(H,21,23)(H,22,24)/t19-/m1/s1. The summed E-state index contributed by atoms with van der Waals surface area (Å²) in [7, 11) is 1.54. The van der Waals surface area contributed by atoms with E-state index in [9.17, 15) is 9.59 Å². The normalized spacial score (nSPS) is 12.9. The van der Waals surface area contributed by atoms with E-state index in [1.165, 1.54) is 11.8 Å². The molecule has 0 aliphatic heterocycles. The van der Waals surface area contributed by atoms with Crippen molar-refractivity contribution in [2.45, 2.75) is 17.4 Å². The fourth-order valence-corrected chi connectivity index (χ4v) is 3.11. The molecule has 0 bridgehead atoms. The summed E-state index contributed by atoms with van der Waals surface area (Å²) in [5, 5.41) is 5.83. The van der Waals surface area contributed by atoms with E-state index in [0.717, 1.165) is 10.5 Å². The minimum absolute atomic E-state index is 0.125. The molecule has 0 aliphatic rings. The van der Waals surface area contributed by atoms with Crippen molar-refractivity contribution in [1.82, 2.24) is 5.32 Å². The Morgan fingerprint density at radius 1 is 1.15 bits per heavy atom. The lowest BCUT2D eigenvalue weighted by Crippen LogP contribution is -2.44. The number of methoxy groups -OCH3 is 1. The number of anilines is 1. The number of halogens is 1. The van der Waals surface area contributed by atoms with Crippen LogP contribution in [-0.4, -0.2) is 31.7 Å². The largest absolute Gasteiger partial charge is 0.372 e. The number of carbonyl (C=O) groups is 2. The van der Waals surface area contributed by atoms with E-state index in [4.69, 9.17) is 16.3 Å². The molecule has 0 aliphatic carbocycles. The van der Waals surface area contributed by atoms with Gasteiger partial charge in [0.25, 0.3) is 0 Å². The van der Waals surface area contributed by atoms with Gasteiger partial charge < -0.3 is 15.4 Å². The Bertz CT molecular complexity index is 800. The lowest BCUT2D eigenvalue weighted by Gasteiger charge is -2.29. The van der Waals surface area contributed by atoms with Crippen molar-refractivity contribution in [3.8, 4) is 0 Å². The SMILES string of the molecule is CO[C@](C)(CNC(=O)C(=O)Nc1ccccc1SC)c1cccc(Cl)c1. The quantitative estimate of drug-likeness (QED) is 0.581. The molecular formula is C19H21ClN2O3S. The molecule has 0 saturated heterocycles. The topological polar surface area (TPSA) is 67.4 Å². The highest BCUT2D eigenvalue weighted by molar-refractivity contribution is 7.98. The Labute approximate surface area is 162 Å². The molecule has 0 unspecified atom stereocenters. The summed E-state index contributed by atoms with van der Waals surface area (Å²) in [5.41, 5.74) is 0.600. The highest BCUT2D eigenvalue weighted by Crippen LogP contribution is 2.26. The number of ether oxygens (including phenoxy) is 1. The maximum Gasteiger partial charge on any atom is 0.313 e. The average molecular weight is 393 g/mol. The van der Waals surface area contributed by atoms with E-state index in [-0.39, 0.29) is 6.54 Å². The molecule has 2 amide bonds. The van der Waals surface area contributed by atoms with Gasteiger partial charge in [-0.15, -0.1) is 11.8 Å². The van der Waals surface area contributed by atoms with Crippen LogP contribution in [0, 0.1) is 0 Å². The van der Waals surface area contributed by atoms with Gasteiger partial charge in [-0.3, -0.25) is 9.59 Å². The number of carbonyl (C=O) groups excluding carboxylic acids is 2. The molecule has 0 radical (unpaired) electrons. The zero-order valence-corrected chi connectivity index (χ0v) is 16.4. The second kappa shape index (κ2) is 9.07. The molecule has 0 fully saturated rings. The maximum absolute atomic E-state index is 12.2. The summed E-state index contributed by atoms with van der Waals surface area (Å²) in [6.07, 6.45) is 1.90. The number of benzene rings is 2. The number of hydrogen-bond donors (Lipinski definition) is 2. The van der Waals surface area contributed by atoms with Crippen LogP contribution in [0.4, 0.5) is 5.69 Å². The third-order valence-electron chi connectivity index (χ3n) is 4.03. The second-order valence-corrected chi connectivity index (χ2v) is 7.07. The van der Waals surface area contributed by atoms with Crippen LogP contribution in [0.25, 0.3) is 0 Å². The van der Waals surface area contributed by atoms with Crippen LogP contribution in [-0.2, 0) is 19.9 Å². The van der Waals surface area contributed by atoms with Crippen LogP contribution >= 0.6 is 23.4 Å². The first-order chi connectivity index (χ1) is 12.4. The van der Waals surface area contributed by atoms with Crippen molar-refractivity contribution in [2.24, 2.45) is 0 Å². The summed E-state index contributed by atoms with van der Waals surface area (Å²) in [5.74, 6) is -1.46. The molecule has 2 rings (SSSR count). The van der Waals surface area contributed by atoms with Crippen molar-refractivity contribution in [1.29, 1.82) is 0 Å². The van der Waals surface area contributed by atoms with Crippen molar-refractivity contribution in [3.05, 3.63) is 59.1 Å². The van der Waals surface area contributed by atoms with Gasteiger partial charge >= 0.3 is 11.8 Å². The zero-order valence-electron chi connectivity index (χ0n) is 14.8. The van der Waals surface area contributed by atoms with E-state index in [1.54, 1.807) is 31.4 Å². The molecule has 5 nitrogen and oxygen atoms in total. The van der Waals surface area contributed by atoms with Gasteiger partial charge in [0.15, 0.2) is 0 Å². The van der Waals surface area contributed by atoms with Crippen molar-refractivity contribution in [2.75, 3.05) is 25.2 Å². The molecule has 2 aromatic carbocycles. The van der Waals surface area contributed by atoms with E-state index in [1.807, 2.05) is 37.4 Å². The predicted octanol–water partition coefficient (Wildman–Crippen LogP) is 3.68. The second-order valence-electron chi connectivity index (χ2n) is 5.78. The molecule has 0 saturated carbocycles. The molecule has 0 heterocycles. The van der Waals surface area contributed by atoms with Crippen LogP contribution < -0.4 is 10.6 Å². The van der Waals surface area contributed by atoms with Crippen molar-refractivity contribution >= 4 is 40.9 Å². The summed E-state index contributed by atoms with van der Waals surface area (Å²) >= 11 is 7.52. The number of nitrogens with one attached hydrogen (secondary N) is 2. The van der Waals surface area contributed by atoms with E-state index < -0.39 is 17.4 Å². The highest BCUT2D eigenvalue weighted by atomic mass is 35.5. The summed E-state index contributed by atoms with van der Waals surface area (Å²) in [6, 6.07) is 14.5. The van der Waals surface area contributed by atoms with Crippen LogP contribution in [0.1, 0.15) is 12.5 Å². The first-order valence-corrected chi connectivity index (χ1v) is 9.53. The van der Waals surface area contributed by atoms with Gasteiger partial charge in [-0.05, 0) is 43.0 Å². The first kappa shape index (κ1) is 20.3. The number of rotatable bonds is 6. The van der Waals surface area contributed by atoms with Gasteiger partial charge in [0.1, 0.15) is 5.60 Å². The number of amides is 2. The monoisotopic (exact) mass is 392 g/mol. The van der Waals surface area contributed by atoms with Gasteiger partial charge in [0.05, 0.1) is 12.2 Å². The lowest BCUT2D eigenvalue weighted by molar-refractivity contribution is -0.137. The summed E-state index contributed by atoms with van der Waals surface area (Å²) in [6.45, 7) is 1.94. The van der Waals surface area contributed by atoms with Crippen molar-refractivity contribution in [3.63, 3.8) is 0 Å². The maximum atomic E-state index is 12.2. The lowest BCUT2D eigenvalue weighted by atomic mass is 9.95. The van der Waals surface area contributed by atoms with Crippen LogP contribution in [0.15, 0.2) is 53.4 Å². The molecule has 2 aromatic rings. The predicted molar refractivity (Wildman–Crippen MR) is 106 cm³/mol. The number of hydrogen-bond acceptors (Lipinski definition) is 4. The first-order valence-electron chi connectivity index (χ1n) is 7.93. The van der Waals surface area contributed by atoms with E-state index in [0.29, 0.717) is 10.7 Å². The Kier molecular flexibility index (Phi) is 7.08. The van der Waals surface area contributed by atoms with Gasteiger partial charge in [-0.25, -0.2) is 0 Å². The zero-order chi connectivity index (χ0) is 19.2. The minimum atomic E-state index is -0.808. The average Bonchev–Trinajstić information content (AvgIpc) is 2.66. The smallest absolute Gasteiger partial charge is 0.313 e. The summed E-state index contributed by atoms with van der Waals surface area (Å²) in [4.78, 5) is 25.3. The van der Waals surface area contributed by atoms with Gasteiger partial charge in [-0.2, -0.15) is 0 Å². The molecular weight excluding hydrogens is 372 g/mol. The Morgan fingerprint density at radius 3 is 2.54 bits per heavy atom. The van der Waals surface area contributed by atoms with Gasteiger partial charge in [0, 0.05) is 17.0 Å². The molecule has 7 heteroatoms. The van der Waals surface area contributed by atoms with Crippen LogP contribution in [0.3, 0.4) is 0 Å². The fraction of sp³-hybridized carbons (Fsp3) is 0.263. The number of thioether (sulfide) groups is 1. The third-order valence-corrected chi connectivity index (χ3v) is 5.06. The van der Waals surface area contributed by atoms with Crippen LogP contribution in [0.2, 0.25) is 5.02 Å². The molecule has 138 valence electrons. The molecule has 0 aromatic heterocycles. The Hall–Kier alpha value is -2.02. The van der Waals surface area contributed by atoms with Gasteiger partial charge in [0.2, 0.25) is 0 Å². The van der Waals surface area contributed by atoms with Crippen LogP contribution in [0.5, 0.6) is 0 Å². The Morgan fingerprint density at radius 2 is 1.88 bits per heavy atom. The fourth-order valence-electron chi connectivity index (χ4n) is 2.37. The summed E-state index contributed by atoms with van der Waals surface area (Å²) < 4.78 is 5.56. The molecule has 1 atom stereocenters. The van der Waals surface area contributed by atoms with E-state index >= 15 is 0 Å². The minimum Gasteiger partial charge on any atom is -0.372 e. The number of para-hydroxylation sites is 1. The van der Waals surface area contributed by atoms with Crippen molar-refractivity contribution < 1.29 is 14.3 Å². The molecule has 0 spiro atoms. The molecule has 2 N–H and O–H groups in total.